The van der Waals surface area contributed by atoms with Gasteiger partial charge in [0.15, 0.2) is 10.6 Å². The van der Waals surface area contributed by atoms with E-state index in [2.05, 4.69) is 45.5 Å². The number of aromatic nitrogens is 3. The number of furan rings is 1. The van der Waals surface area contributed by atoms with Crippen molar-refractivity contribution < 1.29 is 9.21 Å². The molecule has 2 aromatic heterocycles. The van der Waals surface area contributed by atoms with E-state index in [0.29, 0.717) is 41.3 Å². The minimum absolute atomic E-state index is 0.162. The average Bonchev–Trinajstić information content (AvgIpc) is 3.18. The van der Waals surface area contributed by atoms with Crippen molar-refractivity contribution in [2.75, 3.05) is 4.90 Å². The van der Waals surface area contributed by atoms with Crippen LogP contribution in [0.3, 0.4) is 0 Å². The highest BCUT2D eigenvalue weighted by atomic mass is 32.1. The van der Waals surface area contributed by atoms with E-state index in [1.54, 1.807) is 12.3 Å². The number of hydrogen-bond donors (Lipinski definition) is 2. The summed E-state index contributed by atoms with van der Waals surface area (Å²) in [5.74, 6) is 1.27. The molecule has 3 aromatic rings. The Balaban J connectivity index is 1.30. The first-order valence-electron chi connectivity index (χ1n) is 9.96. The number of rotatable bonds is 6. The monoisotopic (exact) mass is 409 g/mol. The van der Waals surface area contributed by atoms with Crippen molar-refractivity contribution in [3.8, 4) is 0 Å². The van der Waals surface area contributed by atoms with Crippen LogP contribution >= 0.6 is 12.2 Å². The molecule has 8 heteroatoms. The van der Waals surface area contributed by atoms with Gasteiger partial charge in [-0.05, 0) is 56.1 Å². The minimum atomic E-state index is -0.162. The largest absolute Gasteiger partial charge is 0.467 e. The van der Waals surface area contributed by atoms with Crippen LogP contribution in [-0.2, 0) is 19.5 Å². The van der Waals surface area contributed by atoms with Crippen molar-refractivity contribution in [1.29, 1.82) is 0 Å². The molecular formula is C21H23N5O2S. The second-order valence-electron chi connectivity index (χ2n) is 7.80. The molecule has 0 bridgehead atoms. The van der Waals surface area contributed by atoms with Crippen LogP contribution in [0.2, 0.25) is 0 Å². The van der Waals surface area contributed by atoms with E-state index in [1.165, 1.54) is 11.3 Å². The molecule has 5 rings (SSSR count). The molecule has 0 saturated heterocycles. The summed E-state index contributed by atoms with van der Waals surface area (Å²) in [6, 6.07) is 10.9. The van der Waals surface area contributed by atoms with Crippen LogP contribution < -0.4 is 10.2 Å². The highest BCUT2D eigenvalue weighted by molar-refractivity contribution is 7.71. The molecule has 0 radical (unpaired) electrons. The Kier molecular flexibility index (Phi) is 4.50. The number of benzene rings is 1. The average molecular weight is 410 g/mol. The maximum atomic E-state index is 12.8. The number of anilines is 1. The fourth-order valence-corrected chi connectivity index (χ4v) is 4.42. The summed E-state index contributed by atoms with van der Waals surface area (Å²) in [7, 11) is 0. The Morgan fingerprint density at radius 2 is 2.17 bits per heavy atom. The Morgan fingerprint density at radius 3 is 3.00 bits per heavy atom. The SMILES string of the molecule is CC1Cc2ccccc2N1Cc1occc1C(=O)NCc1n[nH]c(=S)n1C1CC1. The van der Waals surface area contributed by atoms with Gasteiger partial charge >= 0.3 is 0 Å². The molecule has 1 aromatic carbocycles. The van der Waals surface area contributed by atoms with Crippen molar-refractivity contribution in [3.63, 3.8) is 0 Å². The third-order valence-corrected chi connectivity index (χ3v) is 6.04. The van der Waals surface area contributed by atoms with Gasteiger partial charge in [-0.3, -0.25) is 14.5 Å². The summed E-state index contributed by atoms with van der Waals surface area (Å²) < 4.78 is 8.32. The maximum Gasteiger partial charge on any atom is 0.255 e. The van der Waals surface area contributed by atoms with Gasteiger partial charge in [0.25, 0.3) is 5.91 Å². The highest BCUT2D eigenvalue weighted by Crippen LogP contribution is 2.36. The van der Waals surface area contributed by atoms with Crippen molar-refractivity contribution >= 4 is 23.8 Å². The maximum absolute atomic E-state index is 12.8. The van der Waals surface area contributed by atoms with Gasteiger partial charge in [-0.15, -0.1) is 0 Å². The molecule has 150 valence electrons. The number of amides is 1. The predicted molar refractivity (Wildman–Crippen MR) is 111 cm³/mol. The summed E-state index contributed by atoms with van der Waals surface area (Å²) in [6.07, 6.45) is 4.80. The van der Waals surface area contributed by atoms with Gasteiger partial charge < -0.3 is 14.6 Å². The van der Waals surface area contributed by atoms with Gasteiger partial charge in [0.1, 0.15) is 5.76 Å². The molecule has 29 heavy (non-hydrogen) atoms. The standard InChI is InChI=1S/C21H23N5O2S/c1-13-10-14-4-2-3-5-17(14)25(13)12-18-16(8-9-28-18)20(27)22-11-19-23-24-21(29)26(19)15-6-7-15/h2-5,8-9,13,15H,6-7,10-12H2,1H3,(H,22,27)(H,24,29). The van der Waals surface area contributed by atoms with E-state index in [9.17, 15) is 4.79 Å². The lowest BCUT2D eigenvalue weighted by molar-refractivity contribution is 0.0947. The lowest BCUT2D eigenvalue weighted by Gasteiger charge is -2.24. The molecule has 1 aliphatic carbocycles. The second kappa shape index (κ2) is 7.18. The van der Waals surface area contributed by atoms with Crippen LogP contribution in [0, 0.1) is 4.77 Å². The minimum Gasteiger partial charge on any atom is -0.467 e. The highest BCUT2D eigenvalue weighted by Gasteiger charge is 2.29. The van der Waals surface area contributed by atoms with Gasteiger partial charge in [-0.1, -0.05) is 18.2 Å². The summed E-state index contributed by atoms with van der Waals surface area (Å²) in [5.41, 5.74) is 3.11. The second-order valence-corrected chi connectivity index (χ2v) is 8.18. The van der Waals surface area contributed by atoms with E-state index in [-0.39, 0.29) is 5.91 Å². The number of nitrogens with zero attached hydrogens (tertiary/aromatic N) is 3. The molecule has 2 aliphatic rings. The Hall–Kier alpha value is -2.87. The van der Waals surface area contributed by atoms with Gasteiger partial charge in [-0.25, -0.2) is 0 Å². The Bertz CT molecular complexity index is 1110. The van der Waals surface area contributed by atoms with Crippen LogP contribution in [0.15, 0.2) is 41.0 Å². The zero-order chi connectivity index (χ0) is 20.0. The van der Waals surface area contributed by atoms with Gasteiger partial charge in [0.2, 0.25) is 0 Å². The fourth-order valence-electron chi connectivity index (χ4n) is 4.12. The van der Waals surface area contributed by atoms with Crippen LogP contribution in [0.1, 0.15) is 53.3 Å². The predicted octanol–water partition coefficient (Wildman–Crippen LogP) is 3.75. The molecule has 0 spiro atoms. The molecule has 1 fully saturated rings. The topological polar surface area (TPSA) is 79.1 Å². The van der Waals surface area contributed by atoms with Gasteiger partial charge in [0.05, 0.1) is 24.9 Å². The molecule has 3 heterocycles. The van der Waals surface area contributed by atoms with Crippen LogP contribution in [0.4, 0.5) is 5.69 Å². The Morgan fingerprint density at radius 1 is 1.34 bits per heavy atom. The molecule has 1 unspecified atom stereocenters. The van der Waals surface area contributed by atoms with Crippen molar-refractivity contribution in [3.05, 3.63) is 64.1 Å². The number of para-hydroxylation sites is 1. The van der Waals surface area contributed by atoms with E-state index in [4.69, 9.17) is 16.6 Å². The van der Waals surface area contributed by atoms with E-state index in [0.717, 1.165) is 25.1 Å². The zero-order valence-electron chi connectivity index (χ0n) is 16.2. The van der Waals surface area contributed by atoms with Crippen LogP contribution in [-0.4, -0.2) is 26.7 Å². The fraction of sp³-hybridized carbons (Fsp3) is 0.381. The third-order valence-electron chi connectivity index (χ3n) is 5.75. The lowest BCUT2D eigenvalue weighted by Crippen LogP contribution is -2.30. The summed E-state index contributed by atoms with van der Waals surface area (Å²) in [4.78, 5) is 15.1. The summed E-state index contributed by atoms with van der Waals surface area (Å²) in [6.45, 7) is 3.09. The van der Waals surface area contributed by atoms with Crippen molar-refractivity contribution in [1.82, 2.24) is 20.1 Å². The summed E-state index contributed by atoms with van der Waals surface area (Å²) in [5, 5.41) is 10.1. The van der Waals surface area contributed by atoms with Gasteiger partial charge in [0, 0.05) is 17.8 Å². The van der Waals surface area contributed by atoms with Crippen LogP contribution in [0.25, 0.3) is 0 Å². The zero-order valence-corrected chi connectivity index (χ0v) is 17.0. The molecule has 1 amide bonds. The number of nitrogens with one attached hydrogen (secondary N) is 2. The summed E-state index contributed by atoms with van der Waals surface area (Å²) >= 11 is 5.30. The Labute approximate surface area is 173 Å². The van der Waals surface area contributed by atoms with Crippen molar-refractivity contribution in [2.45, 2.75) is 51.4 Å². The third kappa shape index (κ3) is 3.37. The first-order valence-corrected chi connectivity index (χ1v) is 10.4. The first kappa shape index (κ1) is 18.2. The molecule has 1 saturated carbocycles. The number of aromatic amines is 1. The number of carbonyl (C=O) groups is 1. The van der Waals surface area contributed by atoms with E-state index in [1.807, 2.05) is 10.6 Å². The number of hydrogen-bond acceptors (Lipinski definition) is 5. The van der Waals surface area contributed by atoms with E-state index < -0.39 is 0 Å². The normalized spacial score (nSPS) is 18.1. The van der Waals surface area contributed by atoms with Gasteiger partial charge in [-0.2, -0.15) is 5.10 Å². The first-order chi connectivity index (χ1) is 14.1. The van der Waals surface area contributed by atoms with Crippen molar-refractivity contribution in [2.24, 2.45) is 0 Å². The smallest absolute Gasteiger partial charge is 0.255 e. The molecule has 1 atom stereocenters. The van der Waals surface area contributed by atoms with E-state index >= 15 is 0 Å². The molecule has 1 aliphatic heterocycles. The lowest BCUT2D eigenvalue weighted by atomic mass is 10.1. The molecule has 7 nitrogen and oxygen atoms in total. The number of H-pyrrole nitrogens is 1. The number of fused-ring (bicyclic) bond motifs is 1. The molecular weight excluding hydrogens is 386 g/mol. The van der Waals surface area contributed by atoms with Crippen LogP contribution in [0.5, 0.6) is 0 Å². The number of carbonyl (C=O) groups excluding carboxylic acids is 1. The molecule has 2 N–H and O–H groups in total. The quantitative estimate of drug-likeness (QED) is 0.606.